The van der Waals surface area contributed by atoms with Crippen molar-refractivity contribution in [2.75, 3.05) is 13.1 Å². The van der Waals surface area contributed by atoms with E-state index in [4.69, 9.17) is 0 Å². The molecule has 0 aromatic carbocycles. The van der Waals surface area contributed by atoms with Gasteiger partial charge in [-0.15, -0.1) is 11.3 Å². The van der Waals surface area contributed by atoms with E-state index in [1.165, 1.54) is 11.3 Å². The molecule has 6 heteroatoms. The molecule has 1 unspecified atom stereocenters. The van der Waals surface area contributed by atoms with Gasteiger partial charge in [0.2, 0.25) is 0 Å². The Hall–Kier alpha value is -2.21. The summed E-state index contributed by atoms with van der Waals surface area (Å²) in [6.45, 7) is 6.52. The second-order valence-electron chi connectivity index (χ2n) is 6.93. The molecule has 0 bridgehead atoms. The van der Waals surface area contributed by atoms with Crippen molar-refractivity contribution in [1.82, 2.24) is 19.7 Å². The van der Waals surface area contributed by atoms with Gasteiger partial charge < -0.3 is 4.90 Å². The van der Waals surface area contributed by atoms with Crippen molar-refractivity contribution in [1.29, 1.82) is 0 Å². The molecule has 1 aliphatic heterocycles. The van der Waals surface area contributed by atoms with Crippen LogP contribution in [0.15, 0.2) is 29.8 Å². The molecule has 1 amide bonds. The van der Waals surface area contributed by atoms with E-state index in [0.29, 0.717) is 12.5 Å². The van der Waals surface area contributed by atoms with E-state index in [9.17, 15) is 4.79 Å². The molecule has 1 atom stereocenters. The molecule has 0 saturated carbocycles. The first-order valence-electron chi connectivity index (χ1n) is 8.76. The number of piperidine rings is 1. The van der Waals surface area contributed by atoms with Crippen molar-refractivity contribution in [3.8, 4) is 0 Å². The fourth-order valence-corrected chi connectivity index (χ4v) is 4.25. The Balaban J connectivity index is 1.71. The van der Waals surface area contributed by atoms with Crippen molar-refractivity contribution in [2.45, 2.75) is 33.2 Å². The summed E-state index contributed by atoms with van der Waals surface area (Å²) in [6, 6.07) is 6.03. The number of nitrogens with zero attached hydrogens (tertiary/aromatic N) is 4. The summed E-state index contributed by atoms with van der Waals surface area (Å²) >= 11 is 1.70. The smallest absolute Gasteiger partial charge is 0.254 e. The van der Waals surface area contributed by atoms with Crippen molar-refractivity contribution in [3.05, 3.63) is 45.9 Å². The molecule has 0 spiro atoms. The molecule has 0 N–H and O–H groups in total. The van der Waals surface area contributed by atoms with Gasteiger partial charge in [-0.2, -0.15) is 5.10 Å². The minimum absolute atomic E-state index is 0.109. The molecular formula is C19H22N4OS. The molecule has 0 aliphatic carbocycles. The number of aromatic nitrogens is 3. The lowest BCUT2D eigenvalue weighted by molar-refractivity contribution is 0.0685. The highest BCUT2D eigenvalue weighted by Crippen LogP contribution is 2.24. The first kappa shape index (κ1) is 16.3. The summed E-state index contributed by atoms with van der Waals surface area (Å²) in [5.41, 5.74) is 2.38. The van der Waals surface area contributed by atoms with Crippen LogP contribution < -0.4 is 0 Å². The number of pyridine rings is 1. The number of hydrogen-bond donors (Lipinski definition) is 0. The number of amides is 1. The van der Waals surface area contributed by atoms with Crippen molar-refractivity contribution >= 4 is 28.3 Å². The van der Waals surface area contributed by atoms with E-state index < -0.39 is 0 Å². The third kappa shape index (κ3) is 3.18. The van der Waals surface area contributed by atoms with Crippen LogP contribution >= 0.6 is 11.3 Å². The third-order valence-electron chi connectivity index (χ3n) is 4.80. The number of carbonyl (C=O) groups excluding carboxylic acids is 1. The fourth-order valence-electron chi connectivity index (χ4n) is 3.56. The first-order valence-corrected chi connectivity index (χ1v) is 9.64. The van der Waals surface area contributed by atoms with Gasteiger partial charge in [-0.3, -0.25) is 4.79 Å². The van der Waals surface area contributed by atoms with Gasteiger partial charge in [0, 0.05) is 23.7 Å². The minimum atomic E-state index is 0.109. The maximum absolute atomic E-state index is 13.1. The highest BCUT2D eigenvalue weighted by molar-refractivity contribution is 7.09. The SMILES string of the molecule is Cc1cc(C(=O)N2CCCC(C)C2)c2cnn(Cc3cccs3)c2n1. The highest BCUT2D eigenvalue weighted by Gasteiger charge is 2.25. The topological polar surface area (TPSA) is 51.0 Å². The van der Waals surface area contributed by atoms with Crippen LogP contribution in [0.2, 0.25) is 0 Å². The van der Waals surface area contributed by atoms with Crippen LogP contribution in [-0.4, -0.2) is 38.7 Å². The maximum Gasteiger partial charge on any atom is 0.254 e. The Kier molecular flexibility index (Phi) is 4.29. The lowest BCUT2D eigenvalue weighted by Gasteiger charge is -2.31. The maximum atomic E-state index is 13.1. The summed E-state index contributed by atoms with van der Waals surface area (Å²) < 4.78 is 1.89. The summed E-state index contributed by atoms with van der Waals surface area (Å²) in [5.74, 6) is 0.676. The van der Waals surface area contributed by atoms with E-state index in [2.05, 4.69) is 28.5 Å². The molecule has 4 rings (SSSR count). The Morgan fingerprint density at radius 3 is 3.08 bits per heavy atom. The van der Waals surface area contributed by atoms with Crippen LogP contribution in [0.3, 0.4) is 0 Å². The van der Waals surface area contributed by atoms with Gasteiger partial charge in [0.25, 0.3) is 5.91 Å². The van der Waals surface area contributed by atoms with Gasteiger partial charge in [0.05, 0.1) is 23.7 Å². The molecule has 130 valence electrons. The largest absolute Gasteiger partial charge is 0.338 e. The number of thiophene rings is 1. The average molecular weight is 354 g/mol. The monoisotopic (exact) mass is 354 g/mol. The number of likely N-dealkylation sites (tertiary alicyclic amines) is 1. The van der Waals surface area contributed by atoms with Gasteiger partial charge in [-0.1, -0.05) is 13.0 Å². The molecule has 1 saturated heterocycles. The van der Waals surface area contributed by atoms with Crippen LogP contribution in [-0.2, 0) is 6.54 Å². The predicted molar refractivity (Wildman–Crippen MR) is 100.0 cm³/mol. The summed E-state index contributed by atoms with van der Waals surface area (Å²) in [6.07, 6.45) is 4.07. The number of aryl methyl sites for hydroxylation is 1. The Morgan fingerprint density at radius 2 is 2.32 bits per heavy atom. The molecule has 25 heavy (non-hydrogen) atoms. The summed E-state index contributed by atoms with van der Waals surface area (Å²) in [4.78, 5) is 21.0. The van der Waals surface area contributed by atoms with Gasteiger partial charge in [0.1, 0.15) is 0 Å². The van der Waals surface area contributed by atoms with Gasteiger partial charge in [-0.25, -0.2) is 9.67 Å². The van der Waals surface area contributed by atoms with Crippen LogP contribution in [0.5, 0.6) is 0 Å². The fraction of sp³-hybridized carbons (Fsp3) is 0.421. The van der Waals surface area contributed by atoms with Crippen LogP contribution in [0, 0.1) is 12.8 Å². The molecule has 3 aromatic rings. The van der Waals surface area contributed by atoms with Crippen LogP contribution in [0.25, 0.3) is 11.0 Å². The molecule has 4 heterocycles. The number of hydrogen-bond acceptors (Lipinski definition) is 4. The summed E-state index contributed by atoms with van der Waals surface area (Å²) in [7, 11) is 0. The third-order valence-corrected chi connectivity index (χ3v) is 5.66. The van der Waals surface area contributed by atoms with Gasteiger partial charge in [-0.05, 0) is 43.2 Å². The van der Waals surface area contributed by atoms with E-state index in [1.54, 1.807) is 17.5 Å². The first-order chi connectivity index (χ1) is 12.1. The molecule has 0 radical (unpaired) electrons. The summed E-state index contributed by atoms with van der Waals surface area (Å²) in [5, 5.41) is 7.42. The zero-order chi connectivity index (χ0) is 17.4. The number of fused-ring (bicyclic) bond motifs is 1. The second kappa shape index (κ2) is 6.59. The van der Waals surface area contributed by atoms with Crippen molar-refractivity contribution < 1.29 is 4.79 Å². The van der Waals surface area contributed by atoms with Crippen LogP contribution in [0.4, 0.5) is 0 Å². The Labute approximate surface area is 151 Å². The van der Waals surface area contributed by atoms with E-state index in [-0.39, 0.29) is 5.91 Å². The molecule has 1 aliphatic rings. The predicted octanol–water partition coefficient (Wildman–Crippen LogP) is 3.72. The molecule has 1 fully saturated rings. The average Bonchev–Trinajstić information content (AvgIpc) is 3.24. The van der Waals surface area contributed by atoms with Crippen molar-refractivity contribution in [3.63, 3.8) is 0 Å². The highest BCUT2D eigenvalue weighted by atomic mass is 32.1. The minimum Gasteiger partial charge on any atom is -0.338 e. The van der Waals surface area contributed by atoms with Gasteiger partial charge in [0.15, 0.2) is 5.65 Å². The molecule has 3 aromatic heterocycles. The zero-order valence-corrected chi connectivity index (χ0v) is 15.4. The van der Waals surface area contributed by atoms with E-state index in [0.717, 1.165) is 41.8 Å². The van der Waals surface area contributed by atoms with Crippen molar-refractivity contribution in [2.24, 2.45) is 5.92 Å². The number of rotatable bonds is 3. The van der Waals surface area contributed by atoms with E-state index >= 15 is 0 Å². The van der Waals surface area contributed by atoms with Gasteiger partial charge >= 0.3 is 0 Å². The second-order valence-corrected chi connectivity index (χ2v) is 7.96. The molecule has 5 nitrogen and oxygen atoms in total. The lowest BCUT2D eigenvalue weighted by atomic mass is 9.99. The zero-order valence-electron chi connectivity index (χ0n) is 14.6. The number of carbonyl (C=O) groups is 1. The lowest BCUT2D eigenvalue weighted by Crippen LogP contribution is -2.39. The standard InChI is InChI=1S/C19H22N4OS/c1-13-5-3-7-22(11-13)19(24)16-9-14(2)21-18-17(16)10-20-23(18)12-15-6-4-8-25-15/h4,6,8-10,13H,3,5,7,11-12H2,1-2H3. The van der Waals surface area contributed by atoms with Crippen LogP contribution in [0.1, 0.15) is 40.7 Å². The quantitative estimate of drug-likeness (QED) is 0.720. The Morgan fingerprint density at radius 1 is 1.44 bits per heavy atom. The van der Waals surface area contributed by atoms with E-state index in [1.807, 2.05) is 28.6 Å². The molecular weight excluding hydrogens is 332 g/mol. The normalized spacial score (nSPS) is 18.0. The Bertz CT molecular complexity index is 900.